The molecule has 0 amide bonds. The van der Waals surface area contributed by atoms with Gasteiger partial charge in [0.1, 0.15) is 24.4 Å². The Balaban J connectivity index is 1.38. The van der Waals surface area contributed by atoms with Crippen LogP contribution >= 0.6 is 0 Å². The van der Waals surface area contributed by atoms with E-state index in [4.69, 9.17) is 18.9 Å². The fourth-order valence-corrected chi connectivity index (χ4v) is 4.85. The minimum atomic E-state index is -0.878. The van der Waals surface area contributed by atoms with Gasteiger partial charge in [0.25, 0.3) is 0 Å². The summed E-state index contributed by atoms with van der Waals surface area (Å²) in [4.78, 5) is 0. The van der Waals surface area contributed by atoms with E-state index >= 15 is 0 Å². The van der Waals surface area contributed by atoms with Crippen molar-refractivity contribution in [1.82, 2.24) is 0 Å². The number of benzene rings is 4. The average molecular weight is 538 g/mol. The van der Waals surface area contributed by atoms with E-state index in [1.165, 1.54) is 0 Å². The van der Waals surface area contributed by atoms with Gasteiger partial charge >= 0.3 is 0 Å². The minimum Gasteiger partial charge on any atom is -0.386 e. The highest BCUT2D eigenvalue weighted by Gasteiger charge is 2.42. The molecule has 0 saturated heterocycles. The first-order valence-corrected chi connectivity index (χ1v) is 13.7. The normalized spacial score (nSPS) is 20.7. The van der Waals surface area contributed by atoms with Crippen molar-refractivity contribution in [3.63, 3.8) is 0 Å². The van der Waals surface area contributed by atoms with E-state index in [1.54, 1.807) is 0 Å². The van der Waals surface area contributed by atoms with E-state index in [2.05, 4.69) is 0 Å². The van der Waals surface area contributed by atoms with Crippen LogP contribution in [-0.4, -0.2) is 36.1 Å². The second kappa shape index (κ2) is 14.7. The standard InChI is InChI=1S/C35H36O5/c36-32-21-31(26-37-22-27-13-5-1-6-14-27)33(38-23-28-15-7-2-8-16-28)35(40-25-30-19-11-4-12-20-30)34(32)39-24-29-17-9-3-10-18-29/h1-21,32-36H,22-26H2/t32-,33+,34-,35-/m0/s1/i32+1. The maximum atomic E-state index is 11.3. The van der Waals surface area contributed by atoms with Crippen LogP contribution in [-0.2, 0) is 45.4 Å². The molecule has 1 aliphatic rings. The molecule has 1 aliphatic carbocycles. The first-order valence-electron chi connectivity index (χ1n) is 13.7. The highest BCUT2D eigenvalue weighted by atomic mass is 16.6. The summed E-state index contributed by atoms with van der Waals surface area (Å²) in [6, 6.07) is 40.1. The van der Waals surface area contributed by atoms with E-state index in [0.717, 1.165) is 27.8 Å². The Labute approximate surface area is 236 Å². The first kappa shape index (κ1) is 28.0. The van der Waals surface area contributed by atoms with Crippen molar-refractivity contribution < 1.29 is 24.1 Å². The SMILES string of the molecule is O[13C@H]1C=C(COCc2ccccc2)[C@@H](OCc2ccccc2)[C@H](OCc2ccccc2)[C@H]1OCc1ccccc1. The number of hydrogen-bond donors (Lipinski definition) is 1. The lowest BCUT2D eigenvalue weighted by Crippen LogP contribution is -2.52. The lowest BCUT2D eigenvalue weighted by atomic mass is 9.97. The summed E-state index contributed by atoms with van der Waals surface area (Å²) >= 11 is 0. The van der Waals surface area contributed by atoms with Crippen LogP contribution in [0.4, 0.5) is 0 Å². The molecule has 4 atom stereocenters. The molecule has 40 heavy (non-hydrogen) atoms. The molecule has 206 valence electrons. The summed E-state index contributed by atoms with van der Waals surface area (Å²) in [5.74, 6) is 0. The van der Waals surface area contributed by atoms with E-state index in [0.29, 0.717) is 33.0 Å². The summed E-state index contributed by atoms with van der Waals surface area (Å²) in [6.45, 7) is 1.89. The Hall–Kier alpha value is -3.58. The van der Waals surface area contributed by atoms with E-state index in [9.17, 15) is 5.11 Å². The molecule has 0 spiro atoms. The summed E-state index contributed by atoms with van der Waals surface area (Å²) in [6.07, 6.45) is -0.704. The predicted molar refractivity (Wildman–Crippen MR) is 155 cm³/mol. The minimum absolute atomic E-state index is 0.308. The Morgan fingerprint density at radius 1 is 0.450 bits per heavy atom. The number of aliphatic hydroxyl groups excluding tert-OH is 1. The summed E-state index contributed by atoms with van der Waals surface area (Å²) in [5.41, 5.74) is 5.05. The molecule has 4 aromatic carbocycles. The predicted octanol–water partition coefficient (Wildman–Crippen LogP) is 6.26. The van der Waals surface area contributed by atoms with Crippen molar-refractivity contribution >= 4 is 0 Å². The molecule has 5 nitrogen and oxygen atoms in total. The number of hydrogen-bond acceptors (Lipinski definition) is 5. The van der Waals surface area contributed by atoms with Gasteiger partial charge in [-0.25, -0.2) is 0 Å². The van der Waals surface area contributed by atoms with Crippen LogP contribution in [0.1, 0.15) is 22.3 Å². The van der Waals surface area contributed by atoms with Gasteiger partial charge in [-0.2, -0.15) is 0 Å². The van der Waals surface area contributed by atoms with Crippen molar-refractivity contribution in [3.05, 3.63) is 155 Å². The zero-order valence-corrected chi connectivity index (χ0v) is 22.5. The van der Waals surface area contributed by atoms with Gasteiger partial charge in [0.15, 0.2) is 0 Å². The van der Waals surface area contributed by atoms with Crippen molar-refractivity contribution in [2.75, 3.05) is 6.61 Å². The van der Waals surface area contributed by atoms with Gasteiger partial charge < -0.3 is 24.1 Å². The summed E-state index contributed by atoms with van der Waals surface area (Å²) in [7, 11) is 0. The lowest BCUT2D eigenvalue weighted by Gasteiger charge is -2.40. The van der Waals surface area contributed by atoms with E-state index in [1.807, 2.05) is 127 Å². The quantitative estimate of drug-likeness (QED) is 0.161. The number of aliphatic hydroxyl groups is 1. The van der Waals surface area contributed by atoms with Gasteiger partial charge in [-0.3, -0.25) is 0 Å². The third kappa shape index (κ3) is 7.98. The molecule has 5 heteroatoms. The average Bonchev–Trinajstić information content (AvgIpc) is 3.01. The van der Waals surface area contributed by atoms with Crippen LogP contribution in [0.3, 0.4) is 0 Å². The Morgan fingerprint density at radius 3 is 1.32 bits per heavy atom. The third-order valence-corrected chi connectivity index (χ3v) is 6.93. The van der Waals surface area contributed by atoms with Crippen molar-refractivity contribution in [3.8, 4) is 0 Å². The van der Waals surface area contributed by atoms with E-state index in [-0.39, 0.29) is 0 Å². The van der Waals surface area contributed by atoms with Gasteiger partial charge in [-0.15, -0.1) is 0 Å². The number of rotatable bonds is 13. The molecule has 5 rings (SSSR count). The smallest absolute Gasteiger partial charge is 0.117 e. The zero-order chi connectivity index (χ0) is 27.4. The molecule has 0 saturated carbocycles. The molecule has 1 N–H and O–H groups in total. The Bertz CT molecular complexity index is 1290. The van der Waals surface area contributed by atoms with Crippen LogP contribution in [0.2, 0.25) is 0 Å². The monoisotopic (exact) mass is 537 g/mol. The zero-order valence-electron chi connectivity index (χ0n) is 22.5. The van der Waals surface area contributed by atoms with Crippen molar-refractivity contribution in [1.29, 1.82) is 0 Å². The van der Waals surface area contributed by atoms with Crippen LogP contribution in [0, 0.1) is 0 Å². The van der Waals surface area contributed by atoms with Gasteiger partial charge in [0, 0.05) is 0 Å². The topological polar surface area (TPSA) is 57.2 Å². The van der Waals surface area contributed by atoms with Gasteiger partial charge in [-0.05, 0) is 33.9 Å². The summed E-state index contributed by atoms with van der Waals surface area (Å²) < 4.78 is 25.5. The molecule has 0 aliphatic heterocycles. The van der Waals surface area contributed by atoms with Crippen molar-refractivity contribution in [2.24, 2.45) is 0 Å². The molecular weight excluding hydrogens is 501 g/mol. The summed E-state index contributed by atoms with van der Waals surface area (Å²) in [5, 5.41) is 11.3. The molecule has 0 radical (unpaired) electrons. The fourth-order valence-electron chi connectivity index (χ4n) is 4.85. The van der Waals surface area contributed by atoms with Crippen LogP contribution in [0.5, 0.6) is 0 Å². The second-order valence-electron chi connectivity index (χ2n) is 9.95. The van der Waals surface area contributed by atoms with Gasteiger partial charge in [0.2, 0.25) is 0 Å². The molecule has 0 unspecified atom stereocenters. The first-order chi connectivity index (χ1) is 19.8. The Morgan fingerprint density at radius 2 is 0.850 bits per heavy atom. The molecule has 0 fully saturated rings. The van der Waals surface area contributed by atoms with Crippen LogP contribution in [0.15, 0.2) is 133 Å². The molecular formula is C35H36O5. The lowest BCUT2D eigenvalue weighted by molar-refractivity contribution is -0.173. The maximum Gasteiger partial charge on any atom is 0.117 e. The molecule has 0 bridgehead atoms. The van der Waals surface area contributed by atoms with Crippen LogP contribution < -0.4 is 0 Å². The Kier molecular flexibility index (Phi) is 10.3. The molecule has 4 aromatic rings. The highest BCUT2D eigenvalue weighted by Crippen LogP contribution is 2.30. The third-order valence-electron chi connectivity index (χ3n) is 6.93. The second-order valence-corrected chi connectivity index (χ2v) is 9.95. The molecule has 0 heterocycles. The van der Waals surface area contributed by atoms with Gasteiger partial charge in [-0.1, -0.05) is 121 Å². The number of ether oxygens (including phenoxy) is 4. The maximum absolute atomic E-state index is 11.3. The highest BCUT2D eigenvalue weighted by molar-refractivity contribution is 5.24. The fraction of sp³-hybridized carbons (Fsp3) is 0.257. The molecule has 0 aromatic heterocycles. The van der Waals surface area contributed by atoms with Crippen molar-refractivity contribution in [2.45, 2.75) is 50.8 Å². The van der Waals surface area contributed by atoms with Gasteiger partial charge in [0.05, 0.1) is 33.0 Å². The van der Waals surface area contributed by atoms with E-state index < -0.39 is 24.4 Å². The van der Waals surface area contributed by atoms with Crippen LogP contribution in [0.25, 0.3) is 0 Å². The largest absolute Gasteiger partial charge is 0.386 e.